The molecule has 0 aliphatic heterocycles. The number of aromatic nitrogens is 3. The van der Waals surface area contributed by atoms with Crippen LogP contribution in [-0.4, -0.2) is 22.0 Å². The van der Waals surface area contributed by atoms with Crippen LogP contribution in [0.4, 0.5) is 0 Å². The summed E-state index contributed by atoms with van der Waals surface area (Å²) < 4.78 is 4.51. The van der Waals surface area contributed by atoms with Crippen LogP contribution in [0.15, 0.2) is 23.7 Å². The Hall–Kier alpha value is -1.24. The normalized spacial score (nSPS) is 13.3. The Labute approximate surface area is 107 Å². The molecule has 1 atom stereocenters. The monoisotopic (exact) mass is 264 g/mol. The standard InChI is InChI=1S/C11H12N4S2/c1-12-11(7-6-13-14-15(7)2)10-5-9-8(17-10)3-4-16-9/h3-6,11-12H,1-2H3. The van der Waals surface area contributed by atoms with Crippen molar-refractivity contribution in [3.63, 3.8) is 0 Å². The fourth-order valence-corrected chi connectivity index (χ4v) is 4.16. The van der Waals surface area contributed by atoms with Crippen LogP contribution in [0.2, 0.25) is 0 Å². The molecule has 4 nitrogen and oxygen atoms in total. The fraction of sp³-hybridized carbons (Fsp3) is 0.273. The van der Waals surface area contributed by atoms with Gasteiger partial charge in [-0.2, -0.15) is 0 Å². The summed E-state index contributed by atoms with van der Waals surface area (Å²) in [5, 5.41) is 13.4. The van der Waals surface area contributed by atoms with Crippen molar-refractivity contribution in [2.45, 2.75) is 6.04 Å². The number of rotatable bonds is 3. The molecule has 0 aliphatic carbocycles. The molecule has 3 heterocycles. The maximum atomic E-state index is 3.99. The Balaban J connectivity index is 2.06. The summed E-state index contributed by atoms with van der Waals surface area (Å²) in [6.07, 6.45) is 1.81. The van der Waals surface area contributed by atoms with E-state index in [0.29, 0.717) is 0 Å². The maximum Gasteiger partial charge on any atom is 0.0856 e. The second kappa shape index (κ2) is 4.21. The van der Waals surface area contributed by atoms with Crippen LogP contribution >= 0.6 is 22.7 Å². The van der Waals surface area contributed by atoms with Crippen LogP contribution in [-0.2, 0) is 7.05 Å². The molecule has 0 aromatic carbocycles. The number of nitrogens with zero attached hydrogens (tertiary/aromatic N) is 3. The van der Waals surface area contributed by atoms with Crippen LogP contribution in [0.3, 0.4) is 0 Å². The summed E-state index contributed by atoms with van der Waals surface area (Å²) in [5.41, 5.74) is 1.08. The molecule has 3 rings (SSSR count). The lowest BCUT2D eigenvalue weighted by Gasteiger charge is -2.13. The van der Waals surface area contributed by atoms with Crippen LogP contribution < -0.4 is 5.32 Å². The van der Waals surface area contributed by atoms with Crippen LogP contribution in [0.25, 0.3) is 9.40 Å². The van der Waals surface area contributed by atoms with E-state index in [2.05, 4.69) is 33.1 Å². The van der Waals surface area contributed by atoms with Gasteiger partial charge in [-0.15, -0.1) is 27.8 Å². The number of hydrogen-bond donors (Lipinski definition) is 1. The third-order valence-corrected chi connectivity index (χ3v) is 4.94. The lowest BCUT2D eigenvalue weighted by Crippen LogP contribution is -2.19. The van der Waals surface area contributed by atoms with Crippen LogP contribution in [0, 0.1) is 0 Å². The molecule has 1 unspecified atom stereocenters. The van der Waals surface area contributed by atoms with Gasteiger partial charge in [0.1, 0.15) is 0 Å². The lowest BCUT2D eigenvalue weighted by atomic mass is 10.2. The molecule has 6 heteroatoms. The van der Waals surface area contributed by atoms with Gasteiger partial charge in [0, 0.05) is 21.3 Å². The molecule has 0 spiro atoms. The highest BCUT2D eigenvalue weighted by molar-refractivity contribution is 7.27. The Bertz CT molecular complexity index is 608. The van der Waals surface area contributed by atoms with Gasteiger partial charge in [0.25, 0.3) is 0 Å². The number of aryl methyl sites for hydroxylation is 1. The van der Waals surface area contributed by atoms with E-state index in [0.717, 1.165) is 5.69 Å². The van der Waals surface area contributed by atoms with Gasteiger partial charge < -0.3 is 5.32 Å². The third-order valence-electron chi connectivity index (χ3n) is 2.78. The number of thiophene rings is 2. The third kappa shape index (κ3) is 1.78. The van der Waals surface area contributed by atoms with Gasteiger partial charge in [0.05, 0.1) is 17.9 Å². The molecule has 0 radical (unpaired) electrons. The molecule has 0 saturated carbocycles. The van der Waals surface area contributed by atoms with E-state index in [-0.39, 0.29) is 6.04 Å². The van der Waals surface area contributed by atoms with Crippen molar-refractivity contribution in [3.05, 3.63) is 34.3 Å². The van der Waals surface area contributed by atoms with Crippen LogP contribution in [0.5, 0.6) is 0 Å². The summed E-state index contributed by atoms with van der Waals surface area (Å²) >= 11 is 3.60. The molecular formula is C11H12N4S2. The SMILES string of the molecule is CNC(c1cc2sccc2s1)c1cnnn1C. The Kier molecular flexibility index (Phi) is 2.70. The number of hydrogen-bond acceptors (Lipinski definition) is 5. The molecule has 0 fully saturated rings. The van der Waals surface area contributed by atoms with Crippen molar-refractivity contribution in [2.75, 3.05) is 7.05 Å². The van der Waals surface area contributed by atoms with E-state index in [4.69, 9.17) is 0 Å². The van der Waals surface area contributed by atoms with Crippen molar-refractivity contribution in [1.29, 1.82) is 0 Å². The van der Waals surface area contributed by atoms with E-state index < -0.39 is 0 Å². The van der Waals surface area contributed by atoms with E-state index >= 15 is 0 Å². The summed E-state index contributed by atoms with van der Waals surface area (Å²) in [7, 11) is 3.88. The second-order valence-electron chi connectivity index (χ2n) is 3.80. The quantitative estimate of drug-likeness (QED) is 0.790. The Morgan fingerprint density at radius 3 is 2.94 bits per heavy atom. The van der Waals surface area contributed by atoms with Gasteiger partial charge in [0.15, 0.2) is 0 Å². The minimum Gasteiger partial charge on any atom is -0.307 e. The second-order valence-corrected chi connectivity index (χ2v) is 5.87. The zero-order valence-corrected chi connectivity index (χ0v) is 11.2. The minimum atomic E-state index is 0.166. The average Bonchev–Trinajstić information content (AvgIpc) is 2.96. The van der Waals surface area contributed by atoms with Crippen molar-refractivity contribution >= 4 is 32.1 Å². The molecule has 3 aromatic heterocycles. The molecule has 17 heavy (non-hydrogen) atoms. The molecular weight excluding hydrogens is 252 g/mol. The highest BCUT2D eigenvalue weighted by atomic mass is 32.1. The Morgan fingerprint density at radius 2 is 2.29 bits per heavy atom. The smallest absolute Gasteiger partial charge is 0.0856 e. The maximum absolute atomic E-state index is 3.99. The van der Waals surface area contributed by atoms with Gasteiger partial charge in [0.2, 0.25) is 0 Å². The van der Waals surface area contributed by atoms with Gasteiger partial charge in [-0.3, -0.25) is 4.68 Å². The minimum absolute atomic E-state index is 0.166. The molecule has 0 bridgehead atoms. The topological polar surface area (TPSA) is 42.7 Å². The molecule has 0 amide bonds. The predicted octanol–water partition coefficient (Wildman–Crippen LogP) is 2.40. The first kappa shape index (κ1) is 10.9. The summed E-state index contributed by atoms with van der Waals surface area (Å²) in [4.78, 5) is 1.31. The van der Waals surface area contributed by atoms with Crippen molar-refractivity contribution < 1.29 is 0 Å². The zero-order chi connectivity index (χ0) is 11.8. The summed E-state index contributed by atoms with van der Waals surface area (Å²) in [6.45, 7) is 0. The number of fused-ring (bicyclic) bond motifs is 1. The van der Waals surface area contributed by atoms with Crippen molar-refractivity contribution in [2.24, 2.45) is 7.05 Å². The van der Waals surface area contributed by atoms with E-state index in [1.807, 2.05) is 36.3 Å². The van der Waals surface area contributed by atoms with Gasteiger partial charge in [-0.25, -0.2) is 0 Å². The summed E-state index contributed by atoms with van der Waals surface area (Å²) in [6, 6.07) is 4.58. The average molecular weight is 264 g/mol. The highest BCUT2D eigenvalue weighted by Gasteiger charge is 2.18. The highest BCUT2D eigenvalue weighted by Crippen LogP contribution is 2.35. The lowest BCUT2D eigenvalue weighted by molar-refractivity contribution is 0.604. The predicted molar refractivity (Wildman–Crippen MR) is 71.6 cm³/mol. The van der Waals surface area contributed by atoms with Gasteiger partial charge >= 0.3 is 0 Å². The zero-order valence-electron chi connectivity index (χ0n) is 9.54. The molecule has 0 saturated heterocycles. The summed E-state index contributed by atoms with van der Waals surface area (Å²) in [5.74, 6) is 0. The van der Waals surface area contributed by atoms with Gasteiger partial charge in [-0.05, 0) is 24.6 Å². The molecule has 88 valence electrons. The fourth-order valence-electron chi connectivity index (χ4n) is 1.92. The largest absolute Gasteiger partial charge is 0.307 e. The molecule has 3 aromatic rings. The van der Waals surface area contributed by atoms with Crippen LogP contribution in [0.1, 0.15) is 16.6 Å². The first-order valence-electron chi connectivity index (χ1n) is 5.28. The first-order chi connectivity index (χ1) is 8.29. The number of nitrogens with one attached hydrogen (secondary N) is 1. The van der Waals surface area contributed by atoms with E-state index in [1.165, 1.54) is 14.3 Å². The van der Waals surface area contributed by atoms with E-state index in [1.54, 1.807) is 11.3 Å². The molecule has 1 N–H and O–H groups in total. The first-order valence-corrected chi connectivity index (χ1v) is 6.98. The van der Waals surface area contributed by atoms with Crippen molar-refractivity contribution in [3.8, 4) is 0 Å². The molecule has 0 aliphatic rings. The Morgan fingerprint density at radius 1 is 1.41 bits per heavy atom. The van der Waals surface area contributed by atoms with Crippen molar-refractivity contribution in [1.82, 2.24) is 20.3 Å². The van der Waals surface area contributed by atoms with E-state index in [9.17, 15) is 0 Å². The van der Waals surface area contributed by atoms with Gasteiger partial charge in [-0.1, -0.05) is 5.21 Å².